The molecule has 0 atom stereocenters. The van der Waals surface area contributed by atoms with E-state index in [4.69, 9.17) is 0 Å². The monoisotopic (exact) mass is 361 g/mol. The molecule has 0 aromatic carbocycles. The molecule has 1 nitrogen and oxygen atoms in total. The Hall–Kier alpha value is 0.508. The Morgan fingerprint density at radius 1 is 1.31 bits per heavy atom. The molecule has 0 saturated carbocycles. The molecule has 1 saturated heterocycles. The van der Waals surface area contributed by atoms with Gasteiger partial charge < -0.3 is 10.8 Å². The molecule has 0 N–H and O–H groups in total. The van der Waals surface area contributed by atoms with Crippen molar-refractivity contribution in [1.29, 1.82) is 0 Å². The van der Waals surface area contributed by atoms with Gasteiger partial charge in [0.1, 0.15) is 0 Å². The number of rotatable bonds is 0. The molecule has 1 aliphatic heterocycles. The van der Waals surface area contributed by atoms with Crippen molar-refractivity contribution in [2.75, 3.05) is 13.1 Å². The van der Waals surface area contributed by atoms with Crippen LogP contribution in [0.25, 0.3) is 0 Å². The van der Waals surface area contributed by atoms with Gasteiger partial charge in [-0.05, 0) is 6.54 Å². The van der Waals surface area contributed by atoms with E-state index in [-0.39, 0.29) is 34.0 Å². The molecule has 0 unspecified atom stereocenters. The predicted molar refractivity (Wildman–Crippen MR) is 46.8 cm³/mol. The van der Waals surface area contributed by atoms with E-state index in [0.717, 1.165) is 0 Å². The number of halogens is 2. The van der Waals surface area contributed by atoms with E-state index in [1.165, 1.54) is 10.8 Å². The molecular formula is C9H17F2NW. The summed E-state index contributed by atoms with van der Waals surface area (Å²) >= 11 is 0. The number of hydrogen-bond acceptors (Lipinski definition) is 1. The van der Waals surface area contributed by atoms with E-state index in [1.54, 1.807) is 0 Å². The summed E-state index contributed by atoms with van der Waals surface area (Å²) in [5, 5.41) is 0. The average Bonchev–Trinajstić information content (AvgIpc) is 2.07. The van der Waals surface area contributed by atoms with Gasteiger partial charge in [-0.25, -0.2) is 8.78 Å². The molecule has 0 aliphatic carbocycles. The van der Waals surface area contributed by atoms with Crippen molar-refractivity contribution in [2.24, 2.45) is 0 Å². The van der Waals surface area contributed by atoms with Gasteiger partial charge in [-0.3, -0.25) is 7.05 Å². The summed E-state index contributed by atoms with van der Waals surface area (Å²) in [7, 11) is 3.39. The third-order valence-electron chi connectivity index (χ3n) is 1.25. The zero-order chi connectivity index (χ0) is 9.78. The standard InChI is InChI=1S/C5H8F2N.C4H9.W/c1-8-3-2-5(6,7)4-8;1-4(2)3;/h1-4H2;1-3H3;/q2*-1;+2. The van der Waals surface area contributed by atoms with Crippen LogP contribution in [0.1, 0.15) is 27.2 Å². The topological polar surface area (TPSA) is 3.24 Å². The van der Waals surface area contributed by atoms with Gasteiger partial charge in [0.2, 0.25) is 0 Å². The third-order valence-corrected chi connectivity index (χ3v) is 1.25. The number of alkyl halides is 2. The van der Waals surface area contributed by atoms with Crippen LogP contribution in [-0.2, 0) is 21.1 Å². The van der Waals surface area contributed by atoms with Crippen molar-refractivity contribution >= 4 is 0 Å². The summed E-state index contributed by atoms with van der Waals surface area (Å²) in [6.07, 6.45) is -0.0312. The first-order valence-corrected chi connectivity index (χ1v) is 4.03. The van der Waals surface area contributed by atoms with E-state index in [0.29, 0.717) is 6.54 Å². The predicted octanol–water partition coefficient (Wildman–Crippen LogP) is 2.74. The second kappa shape index (κ2) is 6.89. The van der Waals surface area contributed by atoms with Gasteiger partial charge in [-0.1, -0.05) is 0 Å². The molecule has 1 aliphatic rings. The quantitative estimate of drug-likeness (QED) is 0.600. The van der Waals surface area contributed by atoms with E-state index in [2.05, 4.69) is 27.8 Å². The van der Waals surface area contributed by atoms with Crippen molar-refractivity contribution in [1.82, 2.24) is 4.90 Å². The summed E-state index contributed by atoms with van der Waals surface area (Å²) in [6, 6.07) is 0. The molecule has 0 radical (unpaired) electrons. The van der Waals surface area contributed by atoms with Gasteiger partial charge in [0.25, 0.3) is 5.92 Å². The Morgan fingerprint density at radius 2 is 1.69 bits per heavy atom. The first-order valence-electron chi connectivity index (χ1n) is 4.03. The summed E-state index contributed by atoms with van der Waals surface area (Å²) in [4.78, 5) is 1.39. The fourth-order valence-corrected chi connectivity index (χ4v) is 0.807. The molecule has 13 heavy (non-hydrogen) atoms. The first-order chi connectivity index (χ1) is 5.33. The van der Waals surface area contributed by atoms with Crippen molar-refractivity contribution in [3.05, 3.63) is 13.0 Å². The Kier molecular flexibility index (Phi) is 8.46. The van der Waals surface area contributed by atoms with E-state index in [1.807, 2.05) is 0 Å². The van der Waals surface area contributed by atoms with Crippen LogP contribution < -0.4 is 0 Å². The largest absolute Gasteiger partial charge is 2.00 e. The first kappa shape index (κ1) is 16.0. The zero-order valence-electron chi connectivity index (χ0n) is 8.44. The Labute approximate surface area is 94.1 Å². The minimum Gasteiger partial charge on any atom is -0.454 e. The molecule has 1 fully saturated rings. The average molecular weight is 361 g/mol. The van der Waals surface area contributed by atoms with Crippen LogP contribution in [0.5, 0.6) is 0 Å². The van der Waals surface area contributed by atoms with Crippen molar-refractivity contribution < 1.29 is 29.8 Å². The van der Waals surface area contributed by atoms with Gasteiger partial charge in [0.05, 0.1) is 0 Å². The Morgan fingerprint density at radius 3 is 1.77 bits per heavy atom. The molecule has 0 aromatic heterocycles. The van der Waals surface area contributed by atoms with Crippen LogP contribution in [0.4, 0.5) is 8.78 Å². The normalized spacial score (nSPS) is 20.5. The maximum atomic E-state index is 12.1. The van der Waals surface area contributed by atoms with E-state index >= 15 is 0 Å². The number of hydrogen-bond donors (Lipinski definition) is 0. The second-order valence-corrected chi connectivity index (χ2v) is 3.66. The molecular weight excluding hydrogens is 344 g/mol. The van der Waals surface area contributed by atoms with Gasteiger partial charge >= 0.3 is 21.1 Å². The summed E-state index contributed by atoms with van der Waals surface area (Å²) in [5.74, 6) is -1.05. The zero-order valence-corrected chi connectivity index (χ0v) is 11.4. The van der Waals surface area contributed by atoms with E-state index < -0.39 is 5.92 Å². The van der Waals surface area contributed by atoms with Gasteiger partial charge in [0, 0.05) is 13.0 Å². The fourth-order valence-electron chi connectivity index (χ4n) is 0.807. The summed E-state index contributed by atoms with van der Waals surface area (Å²) in [5.41, 5.74) is 0. The molecule has 0 aromatic rings. The van der Waals surface area contributed by atoms with Crippen molar-refractivity contribution in [3.8, 4) is 0 Å². The smallest absolute Gasteiger partial charge is 0.454 e. The van der Waals surface area contributed by atoms with Crippen LogP contribution in [0, 0.1) is 13.0 Å². The molecule has 4 heteroatoms. The molecule has 1 rings (SSSR count). The number of nitrogens with zero attached hydrogens (tertiary/aromatic N) is 1. The van der Waals surface area contributed by atoms with Gasteiger partial charge in [-0.2, -0.15) is 20.8 Å². The van der Waals surface area contributed by atoms with Gasteiger partial charge in [-0.15, -0.1) is 0 Å². The Balaban J connectivity index is 0. The van der Waals surface area contributed by atoms with E-state index in [9.17, 15) is 8.78 Å². The third kappa shape index (κ3) is 10.4. The van der Waals surface area contributed by atoms with Crippen molar-refractivity contribution in [2.45, 2.75) is 33.1 Å². The van der Waals surface area contributed by atoms with Crippen LogP contribution in [0.2, 0.25) is 0 Å². The number of likely N-dealkylation sites (tertiary alicyclic amines) is 1. The van der Waals surface area contributed by atoms with Crippen LogP contribution >= 0.6 is 0 Å². The van der Waals surface area contributed by atoms with Crippen molar-refractivity contribution in [3.63, 3.8) is 0 Å². The van der Waals surface area contributed by atoms with Crippen LogP contribution in [0.3, 0.4) is 0 Å². The molecule has 0 bridgehead atoms. The maximum absolute atomic E-state index is 12.1. The Bertz CT molecular complexity index is 126. The fraction of sp³-hybridized carbons (Fsp3) is 0.778. The SMILES string of the molecule is C[C-](C)C.[CH2-]N1CCC(F)(F)C1.[W+2]. The summed E-state index contributed by atoms with van der Waals surface area (Å²) < 4.78 is 24.2. The molecule has 78 valence electrons. The minimum absolute atomic E-state index is 0. The summed E-state index contributed by atoms with van der Waals surface area (Å²) in [6.45, 7) is 6.50. The van der Waals surface area contributed by atoms with Crippen LogP contribution in [0.15, 0.2) is 0 Å². The minimum atomic E-state index is -2.47. The maximum Gasteiger partial charge on any atom is 2.00 e. The van der Waals surface area contributed by atoms with Crippen LogP contribution in [-0.4, -0.2) is 23.9 Å². The second-order valence-electron chi connectivity index (χ2n) is 3.66. The molecule has 0 spiro atoms. The molecule has 1 heterocycles. The van der Waals surface area contributed by atoms with Gasteiger partial charge in [0.15, 0.2) is 0 Å². The molecule has 0 amide bonds.